The van der Waals surface area contributed by atoms with Crippen LogP contribution in [0, 0.1) is 0 Å². The first-order chi connectivity index (χ1) is 10.1. The van der Waals surface area contributed by atoms with Crippen LogP contribution in [0.2, 0.25) is 0 Å². The van der Waals surface area contributed by atoms with E-state index in [4.69, 9.17) is 9.47 Å². The molecule has 0 bridgehead atoms. The van der Waals surface area contributed by atoms with E-state index in [1.807, 2.05) is 0 Å². The second-order valence-electron chi connectivity index (χ2n) is 5.40. The number of aromatic nitrogens is 2. The Morgan fingerprint density at radius 2 is 1.90 bits per heavy atom. The highest BCUT2D eigenvalue weighted by Crippen LogP contribution is 2.32. The Kier molecular flexibility index (Phi) is 3.99. The van der Waals surface area contributed by atoms with Crippen molar-refractivity contribution in [1.29, 1.82) is 0 Å². The fraction of sp³-hybridized carbons (Fsp3) is 0.692. The number of methoxy groups -OCH3 is 1. The molecule has 2 fully saturated rings. The Labute approximate surface area is 124 Å². The van der Waals surface area contributed by atoms with Gasteiger partial charge in [0.25, 0.3) is 0 Å². The van der Waals surface area contributed by atoms with E-state index in [0.29, 0.717) is 24.8 Å². The van der Waals surface area contributed by atoms with E-state index >= 15 is 0 Å². The van der Waals surface area contributed by atoms with Crippen molar-refractivity contribution in [2.24, 2.45) is 0 Å². The predicted molar refractivity (Wildman–Crippen MR) is 75.7 cm³/mol. The van der Waals surface area contributed by atoms with E-state index < -0.39 is 10.0 Å². The average Bonchev–Trinajstić information content (AvgIpc) is 3.33. The molecule has 0 spiro atoms. The highest BCUT2D eigenvalue weighted by molar-refractivity contribution is 7.90. The molecule has 0 radical (unpaired) electrons. The molecule has 2 aliphatic rings. The minimum Gasteiger partial charge on any atom is -0.480 e. The molecule has 8 heteroatoms. The summed E-state index contributed by atoms with van der Waals surface area (Å²) in [6, 6.07) is 3.35. The smallest absolute Gasteiger partial charge is 0.233 e. The first-order valence-corrected chi connectivity index (χ1v) is 8.63. The van der Waals surface area contributed by atoms with E-state index in [0.717, 1.165) is 25.7 Å². The lowest BCUT2D eigenvalue weighted by molar-refractivity contribution is 0.123. The summed E-state index contributed by atoms with van der Waals surface area (Å²) < 4.78 is 36.8. The number of nitrogens with zero attached hydrogens (tertiary/aromatic N) is 3. The van der Waals surface area contributed by atoms with Crippen molar-refractivity contribution in [3.05, 3.63) is 12.1 Å². The van der Waals surface area contributed by atoms with E-state index in [2.05, 4.69) is 10.2 Å². The van der Waals surface area contributed by atoms with Gasteiger partial charge in [0.15, 0.2) is 0 Å². The van der Waals surface area contributed by atoms with Gasteiger partial charge in [0, 0.05) is 18.7 Å². The van der Waals surface area contributed by atoms with Crippen LogP contribution >= 0.6 is 0 Å². The molecule has 1 atom stereocenters. The number of ether oxygens (including phenoxy) is 2. The molecule has 0 amide bonds. The largest absolute Gasteiger partial charge is 0.480 e. The van der Waals surface area contributed by atoms with E-state index in [-0.39, 0.29) is 11.4 Å². The molecule has 1 unspecified atom stereocenters. The first-order valence-electron chi connectivity index (χ1n) is 7.13. The summed E-state index contributed by atoms with van der Waals surface area (Å²) >= 11 is 0. The maximum absolute atomic E-state index is 12.3. The lowest BCUT2D eigenvalue weighted by Crippen LogP contribution is -2.45. The molecule has 1 aliphatic heterocycles. The van der Waals surface area contributed by atoms with Gasteiger partial charge in [0.2, 0.25) is 21.8 Å². The van der Waals surface area contributed by atoms with E-state index in [1.165, 1.54) is 7.11 Å². The number of hydrogen-bond acceptors (Lipinski definition) is 6. The average molecular weight is 313 g/mol. The maximum Gasteiger partial charge on any atom is 0.233 e. The van der Waals surface area contributed by atoms with Gasteiger partial charge < -0.3 is 9.47 Å². The van der Waals surface area contributed by atoms with E-state index in [9.17, 15) is 8.42 Å². The Balaban J connectivity index is 1.63. The predicted octanol–water partition coefficient (Wildman–Crippen LogP) is 0.821. The van der Waals surface area contributed by atoms with Crippen molar-refractivity contribution in [3.8, 4) is 11.8 Å². The van der Waals surface area contributed by atoms with E-state index in [1.54, 1.807) is 16.4 Å². The molecular weight excluding hydrogens is 294 g/mol. The summed E-state index contributed by atoms with van der Waals surface area (Å²) in [7, 11) is -1.61. The minimum absolute atomic E-state index is 0.169. The van der Waals surface area contributed by atoms with Gasteiger partial charge in [-0.05, 0) is 25.7 Å². The number of piperidine rings is 1. The molecule has 7 nitrogen and oxygen atoms in total. The summed E-state index contributed by atoms with van der Waals surface area (Å²) in [6.45, 7) is 0.986. The molecule has 1 aromatic heterocycles. The zero-order chi connectivity index (χ0) is 14.9. The van der Waals surface area contributed by atoms with Crippen molar-refractivity contribution in [3.63, 3.8) is 0 Å². The number of sulfonamides is 1. The van der Waals surface area contributed by atoms with Crippen LogP contribution in [-0.2, 0) is 10.0 Å². The van der Waals surface area contributed by atoms with Gasteiger partial charge in [-0.3, -0.25) is 0 Å². The van der Waals surface area contributed by atoms with Crippen LogP contribution in [0.15, 0.2) is 12.1 Å². The van der Waals surface area contributed by atoms with Crippen molar-refractivity contribution in [2.45, 2.75) is 37.0 Å². The number of rotatable bonds is 5. The van der Waals surface area contributed by atoms with Gasteiger partial charge >= 0.3 is 0 Å². The Bertz CT molecular complexity index is 586. The fourth-order valence-electron chi connectivity index (χ4n) is 2.46. The Morgan fingerprint density at radius 3 is 2.52 bits per heavy atom. The van der Waals surface area contributed by atoms with Gasteiger partial charge in [0.1, 0.15) is 6.10 Å². The SMILES string of the molecule is COc1ccc(OC2CCCN(S(=O)(=O)C3CC3)C2)nn1. The highest BCUT2D eigenvalue weighted by Gasteiger charge is 2.41. The summed E-state index contributed by atoms with van der Waals surface area (Å²) in [5.41, 5.74) is 0. The third-order valence-corrected chi connectivity index (χ3v) is 6.12. The van der Waals surface area contributed by atoms with Gasteiger partial charge in [-0.15, -0.1) is 10.2 Å². The molecule has 3 rings (SSSR count). The Morgan fingerprint density at radius 1 is 1.19 bits per heavy atom. The fourth-order valence-corrected chi connectivity index (χ4v) is 4.37. The first kappa shape index (κ1) is 14.5. The standard InChI is InChI=1S/C13H19N3O4S/c1-19-12-6-7-13(15-14-12)20-10-3-2-8-16(9-10)21(17,18)11-4-5-11/h6-7,10-11H,2-5,8-9H2,1H3. The summed E-state index contributed by atoms with van der Waals surface area (Å²) in [4.78, 5) is 0. The third-order valence-electron chi connectivity index (χ3n) is 3.76. The van der Waals surface area contributed by atoms with Crippen LogP contribution < -0.4 is 9.47 Å². The molecule has 1 aliphatic carbocycles. The van der Waals surface area contributed by atoms with Crippen molar-refractivity contribution in [1.82, 2.24) is 14.5 Å². The Hall–Kier alpha value is -1.41. The molecule has 21 heavy (non-hydrogen) atoms. The third kappa shape index (κ3) is 3.26. The molecule has 1 saturated heterocycles. The van der Waals surface area contributed by atoms with Crippen LogP contribution in [0.25, 0.3) is 0 Å². The van der Waals surface area contributed by atoms with Gasteiger partial charge in [-0.2, -0.15) is 4.31 Å². The summed E-state index contributed by atoms with van der Waals surface area (Å²) in [6.07, 6.45) is 3.03. The van der Waals surface area contributed by atoms with Crippen LogP contribution in [0.4, 0.5) is 0 Å². The second kappa shape index (κ2) is 5.76. The quantitative estimate of drug-likeness (QED) is 0.800. The lowest BCUT2D eigenvalue weighted by atomic mass is 10.1. The van der Waals surface area contributed by atoms with Crippen LogP contribution in [0.5, 0.6) is 11.8 Å². The molecule has 116 valence electrons. The van der Waals surface area contributed by atoms with Crippen LogP contribution in [0.3, 0.4) is 0 Å². The van der Waals surface area contributed by atoms with Gasteiger partial charge in [-0.25, -0.2) is 8.42 Å². The molecule has 2 heterocycles. The van der Waals surface area contributed by atoms with Gasteiger partial charge in [0.05, 0.1) is 18.9 Å². The molecule has 1 saturated carbocycles. The zero-order valence-electron chi connectivity index (χ0n) is 11.9. The maximum atomic E-state index is 12.3. The normalized spacial score (nSPS) is 23.8. The molecule has 0 N–H and O–H groups in total. The van der Waals surface area contributed by atoms with Crippen LogP contribution in [-0.4, -0.2) is 54.5 Å². The zero-order valence-corrected chi connectivity index (χ0v) is 12.8. The monoisotopic (exact) mass is 313 g/mol. The highest BCUT2D eigenvalue weighted by atomic mass is 32.2. The number of hydrogen-bond donors (Lipinski definition) is 0. The topological polar surface area (TPSA) is 81.6 Å². The molecule has 0 aromatic carbocycles. The second-order valence-corrected chi connectivity index (χ2v) is 7.61. The molecular formula is C13H19N3O4S. The van der Waals surface area contributed by atoms with Gasteiger partial charge in [-0.1, -0.05) is 0 Å². The summed E-state index contributed by atoms with van der Waals surface area (Å²) in [5.74, 6) is 0.815. The molecule has 1 aromatic rings. The summed E-state index contributed by atoms with van der Waals surface area (Å²) in [5, 5.41) is 7.58. The van der Waals surface area contributed by atoms with Crippen molar-refractivity contribution < 1.29 is 17.9 Å². The minimum atomic E-state index is -3.13. The van der Waals surface area contributed by atoms with Crippen LogP contribution in [0.1, 0.15) is 25.7 Å². The lowest BCUT2D eigenvalue weighted by Gasteiger charge is -2.31. The van der Waals surface area contributed by atoms with Crippen molar-refractivity contribution in [2.75, 3.05) is 20.2 Å². The van der Waals surface area contributed by atoms with Crippen molar-refractivity contribution >= 4 is 10.0 Å².